The van der Waals surface area contributed by atoms with E-state index in [0.717, 1.165) is 6.20 Å². The molecule has 1 amide bonds. The van der Waals surface area contributed by atoms with E-state index in [9.17, 15) is 9.18 Å². The van der Waals surface area contributed by atoms with Gasteiger partial charge in [-0.05, 0) is 26.8 Å². The first-order valence-corrected chi connectivity index (χ1v) is 6.66. The number of anilines is 1. The van der Waals surface area contributed by atoms with Gasteiger partial charge < -0.3 is 4.74 Å². The van der Waals surface area contributed by atoms with Gasteiger partial charge in [-0.2, -0.15) is 5.26 Å². The lowest BCUT2D eigenvalue weighted by molar-refractivity contribution is 0.0635. The summed E-state index contributed by atoms with van der Waals surface area (Å²) in [5.41, 5.74) is -0.156. The number of aromatic nitrogens is 3. The number of pyridine rings is 1. The third-order valence-electron chi connectivity index (χ3n) is 2.50. The Balaban J connectivity index is 2.27. The number of carbonyl (C=O) groups is 1. The summed E-state index contributed by atoms with van der Waals surface area (Å²) in [4.78, 5) is 23.5. The van der Waals surface area contributed by atoms with Crippen LogP contribution in [0.2, 0.25) is 0 Å². The van der Waals surface area contributed by atoms with E-state index in [0.29, 0.717) is 5.56 Å². The van der Waals surface area contributed by atoms with Crippen LogP contribution in [0.3, 0.4) is 0 Å². The fourth-order valence-electron chi connectivity index (χ4n) is 1.65. The predicted octanol–water partition coefficient (Wildman–Crippen LogP) is 2.90. The van der Waals surface area contributed by atoms with Gasteiger partial charge in [-0.1, -0.05) is 0 Å². The Morgan fingerprint density at radius 1 is 1.35 bits per heavy atom. The minimum Gasteiger partial charge on any atom is -0.444 e. The SMILES string of the molecule is CC(C)(C)OC(=O)Nc1ncc(-c2cncc(F)c2)nc1C#N. The first kappa shape index (κ1) is 16.3. The highest BCUT2D eigenvalue weighted by Gasteiger charge is 2.18. The van der Waals surface area contributed by atoms with E-state index < -0.39 is 17.5 Å². The lowest BCUT2D eigenvalue weighted by Crippen LogP contribution is -2.27. The Hall–Kier alpha value is -3.08. The fraction of sp³-hybridized carbons (Fsp3) is 0.267. The number of carbonyl (C=O) groups excluding carboxylic acids is 1. The van der Waals surface area contributed by atoms with E-state index in [1.54, 1.807) is 20.8 Å². The maximum absolute atomic E-state index is 13.2. The number of amides is 1. The number of halogens is 1. The third kappa shape index (κ3) is 4.44. The van der Waals surface area contributed by atoms with Crippen molar-refractivity contribution < 1.29 is 13.9 Å². The Kier molecular flexibility index (Phi) is 4.50. The van der Waals surface area contributed by atoms with Crippen LogP contribution in [-0.4, -0.2) is 26.6 Å². The molecule has 2 aromatic heterocycles. The molecule has 0 aliphatic carbocycles. The van der Waals surface area contributed by atoms with Gasteiger partial charge in [0.1, 0.15) is 17.5 Å². The van der Waals surface area contributed by atoms with Crippen molar-refractivity contribution in [3.63, 3.8) is 0 Å². The summed E-state index contributed by atoms with van der Waals surface area (Å²) in [6, 6.07) is 3.05. The maximum Gasteiger partial charge on any atom is 0.413 e. The lowest BCUT2D eigenvalue weighted by atomic mass is 10.2. The minimum absolute atomic E-state index is 0.0325. The van der Waals surface area contributed by atoms with Crippen LogP contribution >= 0.6 is 0 Å². The van der Waals surface area contributed by atoms with Crippen LogP contribution in [0.4, 0.5) is 15.0 Å². The summed E-state index contributed by atoms with van der Waals surface area (Å²) in [6.07, 6.45) is 3.02. The number of ether oxygens (including phenoxy) is 1. The lowest BCUT2D eigenvalue weighted by Gasteiger charge is -2.19. The number of rotatable bonds is 2. The topological polar surface area (TPSA) is 101 Å². The average Bonchev–Trinajstić information content (AvgIpc) is 2.45. The van der Waals surface area contributed by atoms with Gasteiger partial charge in [0.25, 0.3) is 0 Å². The van der Waals surface area contributed by atoms with E-state index in [2.05, 4.69) is 20.3 Å². The molecule has 0 aliphatic heterocycles. The molecule has 23 heavy (non-hydrogen) atoms. The molecule has 0 radical (unpaired) electrons. The first-order chi connectivity index (χ1) is 10.8. The van der Waals surface area contributed by atoms with Crippen molar-refractivity contribution in [3.05, 3.63) is 36.2 Å². The second-order valence-electron chi connectivity index (χ2n) is 5.58. The molecule has 0 saturated heterocycles. The van der Waals surface area contributed by atoms with Crippen LogP contribution in [0.15, 0.2) is 24.7 Å². The molecule has 0 saturated carbocycles. The fourth-order valence-corrected chi connectivity index (χ4v) is 1.65. The molecular weight excluding hydrogens is 301 g/mol. The van der Waals surface area contributed by atoms with Crippen molar-refractivity contribution >= 4 is 11.9 Å². The van der Waals surface area contributed by atoms with Crippen molar-refractivity contribution in [3.8, 4) is 17.3 Å². The van der Waals surface area contributed by atoms with Crippen molar-refractivity contribution in [2.75, 3.05) is 5.32 Å². The minimum atomic E-state index is -0.747. The summed E-state index contributed by atoms with van der Waals surface area (Å²) < 4.78 is 18.3. The second kappa shape index (κ2) is 6.36. The summed E-state index contributed by atoms with van der Waals surface area (Å²) in [7, 11) is 0. The zero-order valence-corrected chi connectivity index (χ0v) is 12.8. The van der Waals surface area contributed by atoms with Gasteiger partial charge >= 0.3 is 6.09 Å². The molecule has 0 unspecified atom stereocenters. The third-order valence-corrected chi connectivity index (χ3v) is 2.50. The van der Waals surface area contributed by atoms with E-state index in [1.165, 1.54) is 18.5 Å². The van der Waals surface area contributed by atoms with Gasteiger partial charge in [0.05, 0.1) is 18.1 Å². The van der Waals surface area contributed by atoms with Gasteiger partial charge in [0.15, 0.2) is 11.5 Å². The van der Waals surface area contributed by atoms with Crippen LogP contribution in [-0.2, 0) is 4.74 Å². The van der Waals surface area contributed by atoms with Crippen LogP contribution in [0.25, 0.3) is 11.3 Å². The van der Waals surface area contributed by atoms with E-state index in [1.807, 2.05) is 6.07 Å². The van der Waals surface area contributed by atoms with Gasteiger partial charge in [-0.3, -0.25) is 10.3 Å². The zero-order valence-electron chi connectivity index (χ0n) is 12.8. The smallest absolute Gasteiger partial charge is 0.413 e. The number of nitriles is 1. The summed E-state index contributed by atoms with van der Waals surface area (Å²) in [5.74, 6) is -0.561. The number of nitrogens with one attached hydrogen (secondary N) is 1. The molecular formula is C15H14FN5O2. The molecule has 0 bridgehead atoms. The monoisotopic (exact) mass is 315 g/mol. The highest BCUT2D eigenvalue weighted by atomic mass is 19.1. The Morgan fingerprint density at radius 2 is 2.09 bits per heavy atom. The molecule has 0 aromatic carbocycles. The van der Waals surface area contributed by atoms with E-state index >= 15 is 0 Å². The molecule has 118 valence electrons. The highest BCUT2D eigenvalue weighted by Crippen LogP contribution is 2.19. The quantitative estimate of drug-likeness (QED) is 0.914. The van der Waals surface area contributed by atoms with E-state index in [4.69, 9.17) is 10.00 Å². The molecule has 0 fully saturated rings. The van der Waals surface area contributed by atoms with Gasteiger partial charge in [-0.15, -0.1) is 0 Å². The standard InChI is InChI=1S/C15H14FN5O2/c1-15(2,3)23-14(22)21-13-11(5-17)20-12(8-19-13)9-4-10(16)7-18-6-9/h4,6-8H,1-3H3,(H,19,21,22). The first-order valence-electron chi connectivity index (χ1n) is 6.66. The van der Waals surface area contributed by atoms with Crippen LogP contribution in [0.5, 0.6) is 0 Å². The Labute approximate surface area is 132 Å². The molecule has 2 heterocycles. The molecule has 0 aliphatic rings. The molecule has 7 nitrogen and oxygen atoms in total. The van der Waals surface area contributed by atoms with Crippen molar-refractivity contribution in [1.29, 1.82) is 5.26 Å². The van der Waals surface area contributed by atoms with Crippen molar-refractivity contribution in [2.45, 2.75) is 26.4 Å². The van der Waals surface area contributed by atoms with Crippen LogP contribution in [0, 0.1) is 17.1 Å². The molecule has 1 N–H and O–H groups in total. The zero-order chi connectivity index (χ0) is 17.0. The average molecular weight is 315 g/mol. The summed E-state index contributed by atoms with van der Waals surface area (Å²) in [5, 5.41) is 11.5. The Morgan fingerprint density at radius 3 is 2.70 bits per heavy atom. The normalized spacial score (nSPS) is 10.7. The van der Waals surface area contributed by atoms with Crippen molar-refractivity contribution in [1.82, 2.24) is 15.0 Å². The van der Waals surface area contributed by atoms with E-state index in [-0.39, 0.29) is 17.2 Å². The highest BCUT2D eigenvalue weighted by molar-refractivity contribution is 5.85. The van der Waals surface area contributed by atoms with Crippen LogP contribution in [0.1, 0.15) is 26.5 Å². The summed E-state index contributed by atoms with van der Waals surface area (Å²) >= 11 is 0. The van der Waals surface area contributed by atoms with Gasteiger partial charge in [0.2, 0.25) is 0 Å². The number of nitrogens with zero attached hydrogens (tertiary/aromatic N) is 4. The molecule has 2 aromatic rings. The largest absolute Gasteiger partial charge is 0.444 e. The number of hydrogen-bond donors (Lipinski definition) is 1. The van der Waals surface area contributed by atoms with Crippen molar-refractivity contribution in [2.24, 2.45) is 0 Å². The Bertz CT molecular complexity index is 780. The molecule has 0 spiro atoms. The van der Waals surface area contributed by atoms with Crippen LogP contribution < -0.4 is 5.32 Å². The van der Waals surface area contributed by atoms with Gasteiger partial charge in [0, 0.05) is 11.8 Å². The predicted molar refractivity (Wildman–Crippen MR) is 79.8 cm³/mol. The summed E-state index contributed by atoms with van der Waals surface area (Å²) in [6.45, 7) is 5.14. The molecule has 0 atom stereocenters. The molecule has 8 heteroatoms. The molecule has 2 rings (SSSR count). The van der Waals surface area contributed by atoms with Gasteiger partial charge in [-0.25, -0.2) is 19.2 Å². The number of hydrogen-bond acceptors (Lipinski definition) is 6. The second-order valence-corrected chi connectivity index (χ2v) is 5.58. The maximum atomic E-state index is 13.2.